The lowest BCUT2D eigenvalue weighted by Gasteiger charge is -2.11. The van der Waals surface area contributed by atoms with Crippen LogP contribution in [0.1, 0.15) is 11.6 Å². The van der Waals surface area contributed by atoms with Gasteiger partial charge in [0.25, 0.3) is 0 Å². The molecule has 0 aromatic heterocycles. The number of hydrogen-bond acceptors (Lipinski definition) is 3. The number of nitrogens with one attached hydrogen (secondary N) is 1. The second kappa shape index (κ2) is 4.10. The zero-order valence-electron chi connectivity index (χ0n) is 8.12. The lowest BCUT2D eigenvalue weighted by atomic mass is 10.1. The van der Waals surface area contributed by atoms with Gasteiger partial charge < -0.3 is 14.8 Å². The number of carbonyl (C=O) groups is 1. The molecule has 1 heterocycles. The largest absolute Gasteiger partial charge is 0.497 e. The summed E-state index contributed by atoms with van der Waals surface area (Å²) in [5.41, 5.74) is 0.959. The van der Waals surface area contributed by atoms with E-state index in [1.54, 1.807) is 7.11 Å². The van der Waals surface area contributed by atoms with Crippen LogP contribution in [-0.2, 0) is 4.74 Å². The van der Waals surface area contributed by atoms with Crippen molar-refractivity contribution in [1.29, 1.82) is 0 Å². The Hall–Kier alpha value is -1.23. The Morgan fingerprint density at radius 2 is 2.40 bits per heavy atom. The van der Waals surface area contributed by atoms with Crippen molar-refractivity contribution >= 4 is 22.0 Å². The summed E-state index contributed by atoms with van der Waals surface area (Å²) in [6.07, 6.45) is -0.380. The molecule has 80 valence electrons. The molecule has 0 unspecified atom stereocenters. The van der Waals surface area contributed by atoms with E-state index in [9.17, 15) is 4.79 Å². The molecule has 1 aromatic rings. The molecule has 1 aromatic carbocycles. The minimum Gasteiger partial charge on any atom is -0.497 e. The van der Waals surface area contributed by atoms with Gasteiger partial charge in [-0.2, -0.15) is 0 Å². The van der Waals surface area contributed by atoms with Gasteiger partial charge in [-0.25, -0.2) is 4.79 Å². The van der Waals surface area contributed by atoms with E-state index in [1.165, 1.54) is 0 Å². The van der Waals surface area contributed by atoms with E-state index < -0.39 is 0 Å². The third kappa shape index (κ3) is 2.07. The Bertz CT molecular complexity index is 394. The van der Waals surface area contributed by atoms with Crippen molar-refractivity contribution < 1.29 is 14.3 Å². The van der Waals surface area contributed by atoms with Crippen LogP contribution >= 0.6 is 15.9 Å². The van der Waals surface area contributed by atoms with Crippen LogP contribution in [0.4, 0.5) is 4.79 Å². The standard InChI is InChI=1S/C10H10BrNO3/c1-14-6-2-3-8(11)7(4-6)9-5-15-10(13)12-9/h2-4,9H,5H2,1H3,(H,12,13)/t9-/m1/s1. The molecule has 1 aliphatic heterocycles. The molecule has 0 bridgehead atoms. The molecule has 0 spiro atoms. The molecule has 1 N–H and O–H groups in total. The molecule has 1 aliphatic rings. The third-order valence-corrected chi connectivity index (χ3v) is 2.97. The normalized spacial score (nSPS) is 19.6. The molecule has 1 atom stereocenters. The summed E-state index contributed by atoms with van der Waals surface area (Å²) in [5, 5.41) is 2.72. The van der Waals surface area contributed by atoms with Gasteiger partial charge >= 0.3 is 6.09 Å². The number of halogens is 1. The Morgan fingerprint density at radius 1 is 1.60 bits per heavy atom. The number of carbonyl (C=O) groups excluding carboxylic acids is 1. The van der Waals surface area contributed by atoms with Crippen LogP contribution in [0, 0.1) is 0 Å². The zero-order chi connectivity index (χ0) is 10.8. The molecule has 15 heavy (non-hydrogen) atoms. The van der Waals surface area contributed by atoms with Crippen molar-refractivity contribution in [3.63, 3.8) is 0 Å². The van der Waals surface area contributed by atoms with Gasteiger partial charge in [0, 0.05) is 4.47 Å². The van der Waals surface area contributed by atoms with Gasteiger partial charge in [-0.15, -0.1) is 0 Å². The molecule has 1 amide bonds. The van der Waals surface area contributed by atoms with E-state index in [4.69, 9.17) is 9.47 Å². The summed E-state index contributed by atoms with van der Waals surface area (Å²) in [6.45, 7) is 0.352. The second-order valence-electron chi connectivity index (χ2n) is 3.18. The average molecular weight is 272 g/mol. The number of methoxy groups -OCH3 is 1. The van der Waals surface area contributed by atoms with E-state index >= 15 is 0 Å². The van der Waals surface area contributed by atoms with Gasteiger partial charge in [0.1, 0.15) is 12.4 Å². The predicted octanol–water partition coefficient (Wildman–Crippen LogP) is 2.24. The van der Waals surface area contributed by atoms with Gasteiger partial charge in [0.2, 0.25) is 0 Å². The number of rotatable bonds is 2. The highest BCUT2D eigenvalue weighted by Gasteiger charge is 2.25. The monoisotopic (exact) mass is 271 g/mol. The number of hydrogen-bond donors (Lipinski definition) is 1. The molecular weight excluding hydrogens is 262 g/mol. The predicted molar refractivity (Wildman–Crippen MR) is 57.9 cm³/mol. The number of cyclic esters (lactones) is 1. The number of benzene rings is 1. The molecular formula is C10H10BrNO3. The molecule has 1 saturated heterocycles. The fourth-order valence-electron chi connectivity index (χ4n) is 1.47. The van der Waals surface area contributed by atoms with Gasteiger partial charge in [0.05, 0.1) is 13.2 Å². The molecule has 1 fully saturated rings. The second-order valence-corrected chi connectivity index (χ2v) is 4.04. The maximum atomic E-state index is 10.9. The highest BCUT2D eigenvalue weighted by atomic mass is 79.9. The quantitative estimate of drug-likeness (QED) is 0.898. The van der Waals surface area contributed by atoms with Crippen LogP contribution < -0.4 is 10.1 Å². The Kier molecular flexibility index (Phi) is 2.81. The SMILES string of the molecule is COc1ccc(Br)c([C@H]2COC(=O)N2)c1. The molecule has 4 nitrogen and oxygen atoms in total. The van der Waals surface area contributed by atoms with E-state index in [0.29, 0.717) is 6.61 Å². The van der Waals surface area contributed by atoms with Crippen molar-refractivity contribution in [1.82, 2.24) is 5.32 Å². The lowest BCUT2D eigenvalue weighted by Crippen LogP contribution is -2.18. The first-order valence-electron chi connectivity index (χ1n) is 4.47. The van der Waals surface area contributed by atoms with Crippen molar-refractivity contribution in [3.05, 3.63) is 28.2 Å². The molecule has 0 radical (unpaired) electrons. The Balaban J connectivity index is 2.30. The summed E-state index contributed by atoms with van der Waals surface area (Å²) >= 11 is 3.43. The maximum Gasteiger partial charge on any atom is 0.407 e. The maximum absolute atomic E-state index is 10.9. The summed E-state index contributed by atoms with van der Waals surface area (Å²) in [7, 11) is 1.61. The van der Waals surface area contributed by atoms with Crippen LogP contribution in [-0.4, -0.2) is 19.8 Å². The van der Waals surface area contributed by atoms with E-state index in [1.807, 2.05) is 18.2 Å². The Morgan fingerprint density at radius 3 is 3.00 bits per heavy atom. The first-order chi connectivity index (χ1) is 7.20. The van der Waals surface area contributed by atoms with Gasteiger partial charge in [-0.3, -0.25) is 0 Å². The summed E-state index contributed by atoms with van der Waals surface area (Å²) in [5.74, 6) is 0.759. The number of amides is 1. The van der Waals surface area contributed by atoms with Crippen LogP contribution in [0.25, 0.3) is 0 Å². The fourth-order valence-corrected chi connectivity index (χ4v) is 1.99. The fraction of sp³-hybridized carbons (Fsp3) is 0.300. The summed E-state index contributed by atoms with van der Waals surface area (Å²) < 4.78 is 10.9. The van der Waals surface area contributed by atoms with Crippen molar-refractivity contribution in [2.24, 2.45) is 0 Å². The Labute approximate surface area is 95.7 Å². The minimum absolute atomic E-state index is 0.109. The van der Waals surface area contributed by atoms with Crippen LogP contribution in [0.3, 0.4) is 0 Å². The first kappa shape index (κ1) is 10.3. The van der Waals surface area contributed by atoms with Crippen LogP contribution in [0.15, 0.2) is 22.7 Å². The number of ether oxygens (including phenoxy) is 2. The summed E-state index contributed by atoms with van der Waals surface area (Å²) in [6, 6.07) is 5.51. The van der Waals surface area contributed by atoms with E-state index in [0.717, 1.165) is 15.8 Å². The van der Waals surface area contributed by atoms with Crippen LogP contribution in [0.5, 0.6) is 5.75 Å². The average Bonchev–Trinajstić information content (AvgIpc) is 2.65. The minimum atomic E-state index is -0.380. The lowest BCUT2D eigenvalue weighted by molar-refractivity contribution is 0.177. The number of alkyl carbamates (subject to hydrolysis) is 1. The van der Waals surface area contributed by atoms with E-state index in [-0.39, 0.29) is 12.1 Å². The molecule has 5 heteroatoms. The highest BCUT2D eigenvalue weighted by molar-refractivity contribution is 9.10. The van der Waals surface area contributed by atoms with Crippen LogP contribution in [0.2, 0.25) is 0 Å². The van der Waals surface area contributed by atoms with Crippen molar-refractivity contribution in [2.45, 2.75) is 6.04 Å². The third-order valence-electron chi connectivity index (χ3n) is 2.25. The van der Waals surface area contributed by atoms with Crippen molar-refractivity contribution in [3.8, 4) is 5.75 Å². The smallest absolute Gasteiger partial charge is 0.407 e. The van der Waals surface area contributed by atoms with Crippen molar-refractivity contribution in [2.75, 3.05) is 13.7 Å². The van der Waals surface area contributed by atoms with Gasteiger partial charge in [-0.1, -0.05) is 15.9 Å². The topological polar surface area (TPSA) is 47.6 Å². The zero-order valence-corrected chi connectivity index (χ0v) is 9.71. The van der Waals surface area contributed by atoms with Gasteiger partial charge in [-0.05, 0) is 23.8 Å². The molecule has 0 aliphatic carbocycles. The summed E-state index contributed by atoms with van der Waals surface area (Å²) in [4.78, 5) is 10.9. The highest BCUT2D eigenvalue weighted by Crippen LogP contribution is 2.29. The van der Waals surface area contributed by atoms with Gasteiger partial charge in [0.15, 0.2) is 0 Å². The van der Waals surface area contributed by atoms with E-state index in [2.05, 4.69) is 21.2 Å². The molecule has 2 rings (SSSR count). The molecule has 0 saturated carbocycles. The first-order valence-corrected chi connectivity index (χ1v) is 5.26.